The molecule has 0 aliphatic carbocycles. The number of alkyl halides is 3. The lowest BCUT2D eigenvalue weighted by Gasteiger charge is -2.07. The maximum atomic E-state index is 12.4. The van der Waals surface area contributed by atoms with Crippen LogP contribution in [0.3, 0.4) is 0 Å². The minimum atomic E-state index is -4.49. The first-order chi connectivity index (χ1) is 9.45. The summed E-state index contributed by atoms with van der Waals surface area (Å²) in [6.07, 6.45) is -2.36. The van der Waals surface area contributed by atoms with Gasteiger partial charge in [0.2, 0.25) is 0 Å². The molecular weight excluding hydrogens is 271 g/mol. The number of nitrogens with zero attached hydrogens (tertiary/aromatic N) is 1. The molecule has 20 heavy (non-hydrogen) atoms. The predicted octanol–water partition coefficient (Wildman–Crippen LogP) is 3.39. The Hall–Kier alpha value is -2.50. The quantitative estimate of drug-likeness (QED) is 0.809. The van der Waals surface area contributed by atoms with Crippen molar-refractivity contribution in [3.05, 3.63) is 53.3 Å². The van der Waals surface area contributed by atoms with Gasteiger partial charge in [0.25, 0.3) is 0 Å². The van der Waals surface area contributed by atoms with Crippen molar-refractivity contribution in [3.8, 4) is 11.1 Å². The molecule has 0 saturated carbocycles. The third-order valence-electron chi connectivity index (χ3n) is 2.73. The number of rotatable bonds is 3. The van der Waals surface area contributed by atoms with E-state index in [4.69, 9.17) is 0 Å². The van der Waals surface area contributed by atoms with Crippen molar-refractivity contribution < 1.29 is 22.8 Å². The molecule has 0 aliphatic rings. The predicted molar refractivity (Wildman–Crippen MR) is 65.5 cm³/mol. The highest BCUT2D eigenvalue weighted by Crippen LogP contribution is 2.29. The SMILES string of the molecule is O=Cc1ccc(-c2ccc(C(F)(F)F)nc2)cc1C=O. The van der Waals surface area contributed by atoms with Crippen LogP contribution >= 0.6 is 0 Å². The Bertz CT molecular complexity index is 648. The van der Waals surface area contributed by atoms with Crippen molar-refractivity contribution in [2.45, 2.75) is 6.18 Å². The summed E-state index contributed by atoms with van der Waals surface area (Å²) in [6, 6.07) is 6.54. The van der Waals surface area contributed by atoms with Crippen LogP contribution in [-0.4, -0.2) is 17.6 Å². The normalized spacial score (nSPS) is 11.2. The molecule has 0 spiro atoms. The summed E-state index contributed by atoms with van der Waals surface area (Å²) < 4.78 is 37.2. The van der Waals surface area contributed by atoms with Crippen LogP contribution in [0, 0.1) is 0 Å². The van der Waals surface area contributed by atoms with Gasteiger partial charge in [-0.05, 0) is 17.7 Å². The molecule has 0 radical (unpaired) electrons. The molecule has 0 N–H and O–H groups in total. The molecule has 0 fully saturated rings. The topological polar surface area (TPSA) is 47.0 Å². The van der Waals surface area contributed by atoms with Gasteiger partial charge < -0.3 is 0 Å². The third kappa shape index (κ3) is 2.74. The Morgan fingerprint density at radius 2 is 1.55 bits per heavy atom. The first-order valence-corrected chi connectivity index (χ1v) is 5.53. The summed E-state index contributed by atoms with van der Waals surface area (Å²) in [7, 11) is 0. The molecule has 3 nitrogen and oxygen atoms in total. The Morgan fingerprint density at radius 3 is 2.05 bits per heavy atom. The number of pyridine rings is 1. The number of carbonyl (C=O) groups is 2. The van der Waals surface area contributed by atoms with Crippen LogP contribution in [-0.2, 0) is 6.18 Å². The van der Waals surface area contributed by atoms with E-state index in [1.165, 1.54) is 18.2 Å². The van der Waals surface area contributed by atoms with E-state index in [-0.39, 0.29) is 11.1 Å². The molecule has 0 unspecified atom stereocenters. The van der Waals surface area contributed by atoms with Crippen LogP contribution in [0.5, 0.6) is 0 Å². The number of aldehydes is 2. The van der Waals surface area contributed by atoms with Crippen molar-refractivity contribution in [2.75, 3.05) is 0 Å². The molecule has 0 amide bonds. The third-order valence-corrected chi connectivity index (χ3v) is 2.73. The highest BCUT2D eigenvalue weighted by molar-refractivity contribution is 5.92. The summed E-state index contributed by atoms with van der Waals surface area (Å²) in [5.74, 6) is 0. The minimum Gasteiger partial charge on any atom is -0.298 e. The molecule has 1 aromatic carbocycles. The zero-order valence-electron chi connectivity index (χ0n) is 10.0. The Labute approximate surface area is 112 Å². The van der Waals surface area contributed by atoms with E-state index in [0.717, 1.165) is 12.3 Å². The average Bonchev–Trinajstić information content (AvgIpc) is 2.45. The number of halogens is 3. The fraction of sp³-hybridized carbons (Fsp3) is 0.0714. The summed E-state index contributed by atoms with van der Waals surface area (Å²) in [5.41, 5.74) is 0.361. The van der Waals surface area contributed by atoms with Gasteiger partial charge in [0, 0.05) is 22.9 Å². The second-order valence-electron chi connectivity index (χ2n) is 4.01. The summed E-state index contributed by atoms with van der Waals surface area (Å²) in [5, 5.41) is 0. The largest absolute Gasteiger partial charge is 0.433 e. The standard InChI is InChI=1S/C14H8F3NO2/c15-14(16,17)13-4-3-10(6-18-13)9-1-2-11(7-19)12(5-9)8-20/h1-8H. The van der Waals surface area contributed by atoms with Crippen molar-refractivity contribution in [2.24, 2.45) is 0 Å². The Kier molecular flexibility index (Phi) is 3.65. The molecule has 102 valence electrons. The lowest BCUT2D eigenvalue weighted by Crippen LogP contribution is -2.07. The number of hydrogen-bond donors (Lipinski definition) is 0. The van der Waals surface area contributed by atoms with Crippen LogP contribution in [0.25, 0.3) is 11.1 Å². The van der Waals surface area contributed by atoms with Crippen LogP contribution in [0.15, 0.2) is 36.5 Å². The maximum Gasteiger partial charge on any atom is 0.433 e. The first-order valence-electron chi connectivity index (χ1n) is 5.53. The van der Waals surface area contributed by atoms with Gasteiger partial charge >= 0.3 is 6.18 Å². The highest BCUT2D eigenvalue weighted by Gasteiger charge is 2.32. The van der Waals surface area contributed by atoms with Gasteiger partial charge in [-0.1, -0.05) is 18.2 Å². The van der Waals surface area contributed by atoms with Crippen molar-refractivity contribution in [3.63, 3.8) is 0 Å². The monoisotopic (exact) mass is 279 g/mol. The molecule has 2 aromatic rings. The maximum absolute atomic E-state index is 12.4. The van der Waals surface area contributed by atoms with E-state index in [1.807, 2.05) is 0 Å². The van der Waals surface area contributed by atoms with Gasteiger partial charge in [-0.2, -0.15) is 13.2 Å². The first kappa shape index (κ1) is 13.9. The van der Waals surface area contributed by atoms with E-state index < -0.39 is 11.9 Å². The average molecular weight is 279 g/mol. The summed E-state index contributed by atoms with van der Waals surface area (Å²) in [4.78, 5) is 24.9. The number of hydrogen-bond acceptors (Lipinski definition) is 3. The second-order valence-corrected chi connectivity index (χ2v) is 4.01. The fourth-order valence-corrected chi connectivity index (χ4v) is 1.70. The molecule has 1 aromatic heterocycles. The summed E-state index contributed by atoms with van der Waals surface area (Å²) in [6.45, 7) is 0. The van der Waals surface area contributed by atoms with Crippen LogP contribution in [0.2, 0.25) is 0 Å². The van der Waals surface area contributed by atoms with E-state index >= 15 is 0 Å². The smallest absolute Gasteiger partial charge is 0.298 e. The molecule has 0 aliphatic heterocycles. The Balaban J connectivity index is 2.42. The highest BCUT2D eigenvalue weighted by atomic mass is 19.4. The molecule has 0 bridgehead atoms. The fourth-order valence-electron chi connectivity index (χ4n) is 1.70. The van der Waals surface area contributed by atoms with Crippen LogP contribution in [0.4, 0.5) is 13.2 Å². The number of aromatic nitrogens is 1. The lowest BCUT2D eigenvalue weighted by molar-refractivity contribution is -0.141. The van der Waals surface area contributed by atoms with Crippen LogP contribution in [0.1, 0.15) is 26.4 Å². The van der Waals surface area contributed by atoms with Crippen molar-refractivity contribution in [1.29, 1.82) is 0 Å². The van der Waals surface area contributed by atoms with E-state index in [0.29, 0.717) is 23.7 Å². The van der Waals surface area contributed by atoms with E-state index in [9.17, 15) is 22.8 Å². The lowest BCUT2D eigenvalue weighted by atomic mass is 10.0. The van der Waals surface area contributed by atoms with Gasteiger partial charge in [-0.3, -0.25) is 14.6 Å². The molecular formula is C14H8F3NO2. The Morgan fingerprint density at radius 1 is 0.900 bits per heavy atom. The van der Waals surface area contributed by atoms with Crippen LogP contribution < -0.4 is 0 Å². The van der Waals surface area contributed by atoms with Gasteiger partial charge in [-0.15, -0.1) is 0 Å². The van der Waals surface area contributed by atoms with Crippen molar-refractivity contribution >= 4 is 12.6 Å². The van der Waals surface area contributed by atoms with Crippen molar-refractivity contribution in [1.82, 2.24) is 4.98 Å². The molecule has 2 rings (SSSR count). The molecule has 0 saturated heterocycles. The molecule has 6 heteroatoms. The molecule has 0 atom stereocenters. The zero-order chi connectivity index (χ0) is 14.8. The summed E-state index contributed by atoms with van der Waals surface area (Å²) >= 11 is 0. The minimum absolute atomic E-state index is 0.178. The van der Waals surface area contributed by atoms with Gasteiger partial charge in [0.1, 0.15) is 5.69 Å². The second kappa shape index (κ2) is 5.24. The number of carbonyl (C=O) groups excluding carboxylic acids is 2. The van der Waals surface area contributed by atoms with E-state index in [2.05, 4.69) is 4.98 Å². The van der Waals surface area contributed by atoms with E-state index in [1.54, 1.807) is 6.07 Å². The molecule has 1 heterocycles. The zero-order valence-corrected chi connectivity index (χ0v) is 10.0. The van der Waals surface area contributed by atoms with Gasteiger partial charge in [0.05, 0.1) is 0 Å². The van der Waals surface area contributed by atoms with Gasteiger partial charge in [0.15, 0.2) is 12.6 Å². The number of benzene rings is 1. The van der Waals surface area contributed by atoms with Gasteiger partial charge in [-0.25, -0.2) is 0 Å².